The molecule has 0 aromatic carbocycles. The number of aliphatic hydroxyl groups is 1. The third-order valence-electron chi connectivity index (χ3n) is 4.86. The Bertz CT molecular complexity index is 1150. The number of hydrogen-bond donors (Lipinski definition) is 7. The molecule has 0 spiro atoms. The van der Waals surface area contributed by atoms with E-state index >= 15 is 0 Å². The molecule has 178 valence electrons. The molecule has 18 heteroatoms. The summed E-state index contributed by atoms with van der Waals surface area (Å²) in [6, 6.07) is -0.753. The highest BCUT2D eigenvalue weighted by Crippen LogP contribution is 2.40. The van der Waals surface area contributed by atoms with Crippen LogP contribution in [0, 0.1) is 0 Å². The van der Waals surface area contributed by atoms with Gasteiger partial charge in [0.2, 0.25) is 11.9 Å². The van der Waals surface area contributed by atoms with Gasteiger partial charge in [-0.05, 0) is 0 Å². The summed E-state index contributed by atoms with van der Waals surface area (Å²) in [4.78, 5) is 72.2. The molecule has 1 saturated heterocycles. The van der Waals surface area contributed by atoms with Crippen molar-refractivity contribution in [1.82, 2.24) is 24.4 Å². The number of aromatic amines is 1. The number of amides is 1. The number of hydrogen-bond acceptors (Lipinski definition) is 9. The SMILES string of the molecule is Nc1nc2c(ncn2[C@@H]2CN(C(=O)CCP(=O)(O)O)C[C@@H]2OCC(O)P(=O)(O)O)c(=O)[nH]1. The van der Waals surface area contributed by atoms with Gasteiger partial charge in [0.05, 0.1) is 31.2 Å². The van der Waals surface area contributed by atoms with Gasteiger partial charge in [-0.15, -0.1) is 0 Å². The molecule has 32 heavy (non-hydrogen) atoms. The Morgan fingerprint density at radius 3 is 2.62 bits per heavy atom. The van der Waals surface area contributed by atoms with Crippen LogP contribution in [-0.4, -0.2) is 92.8 Å². The number of nitrogens with zero attached hydrogens (tertiary/aromatic N) is 4. The molecule has 1 amide bonds. The first kappa shape index (κ1) is 24.5. The minimum absolute atomic E-state index is 0.0421. The first-order valence-electron chi connectivity index (χ1n) is 9.16. The maximum Gasteiger partial charge on any atom is 0.356 e. The van der Waals surface area contributed by atoms with Crippen molar-refractivity contribution in [3.8, 4) is 0 Å². The van der Waals surface area contributed by atoms with Gasteiger partial charge in [-0.3, -0.25) is 23.7 Å². The zero-order valence-corrected chi connectivity index (χ0v) is 18.2. The summed E-state index contributed by atoms with van der Waals surface area (Å²) < 4.78 is 29.2. The van der Waals surface area contributed by atoms with E-state index in [-0.39, 0.29) is 30.2 Å². The first-order chi connectivity index (χ1) is 14.8. The number of carbonyl (C=O) groups is 1. The van der Waals surface area contributed by atoms with E-state index < -0.39 is 63.8 Å². The molecule has 8 N–H and O–H groups in total. The lowest BCUT2D eigenvalue weighted by Crippen LogP contribution is -2.31. The van der Waals surface area contributed by atoms with Crippen LogP contribution < -0.4 is 11.3 Å². The number of nitrogens with two attached hydrogens (primary N) is 1. The second-order valence-corrected chi connectivity index (χ2v) is 10.8. The molecule has 1 unspecified atom stereocenters. The molecule has 2 aromatic heterocycles. The third kappa shape index (κ3) is 5.60. The zero-order chi connectivity index (χ0) is 23.8. The summed E-state index contributed by atoms with van der Waals surface area (Å²) in [6.07, 6.45) is -0.757. The van der Waals surface area contributed by atoms with Gasteiger partial charge in [0.15, 0.2) is 17.0 Å². The van der Waals surface area contributed by atoms with Crippen LogP contribution in [0.4, 0.5) is 5.95 Å². The van der Waals surface area contributed by atoms with Crippen LogP contribution in [-0.2, 0) is 18.7 Å². The summed E-state index contributed by atoms with van der Waals surface area (Å²) in [6.45, 7) is -0.911. The van der Waals surface area contributed by atoms with Crippen LogP contribution >= 0.6 is 15.2 Å². The standard InChI is InChI=1S/C14H22N6O10P2/c15-14-17-12-11(13(23)18-14)16-6-20(12)7-3-19(9(21)1-2-31(24,25)26)4-8(7)30-5-10(22)32(27,28)29/h6-8,10,22H,1-5H2,(H2,24,25,26)(H2,27,28,29)(H3,15,17,18,23)/t7-,8+,10?/m1/s1. The van der Waals surface area contributed by atoms with E-state index in [0.717, 1.165) is 0 Å². The number of aromatic nitrogens is 4. The van der Waals surface area contributed by atoms with Gasteiger partial charge in [0, 0.05) is 19.5 Å². The molecule has 3 rings (SSSR count). The van der Waals surface area contributed by atoms with Crippen molar-refractivity contribution < 1.29 is 43.3 Å². The van der Waals surface area contributed by atoms with Gasteiger partial charge in [-0.25, -0.2) is 4.98 Å². The molecule has 0 aliphatic carbocycles. The Morgan fingerprint density at radius 2 is 2.00 bits per heavy atom. The van der Waals surface area contributed by atoms with Crippen molar-refractivity contribution in [2.75, 3.05) is 31.6 Å². The molecule has 3 atom stereocenters. The minimum Gasteiger partial charge on any atom is -0.378 e. The number of nitrogen functional groups attached to an aromatic ring is 1. The molecule has 2 aromatic rings. The monoisotopic (exact) mass is 496 g/mol. The quantitative estimate of drug-likeness (QED) is 0.187. The number of ether oxygens (including phenoxy) is 1. The van der Waals surface area contributed by atoms with Crippen molar-refractivity contribution in [1.29, 1.82) is 0 Å². The highest BCUT2D eigenvalue weighted by atomic mass is 31.2. The normalized spacial score (nSPS) is 20.7. The lowest BCUT2D eigenvalue weighted by atomic mass is 10.2. The van der Waals surface area contributed by atoms with Gasteiger partial charge in [0.25, 0.3) is 5.56 Å². The van der Waals surface area contributed by atoms with Gasteiger partial charge in [-0.1, -0.05) is 0 Å². The molecule has 1 aliphatic rings. The summed E-state index contributed by atoms with van der Waals surface area (Å²) in [5.41, 5.74) is 5.02. The number of H-pyrrole nitrogens is 1. The molecular weight excluding hydrogens is 474 g/mol. The summed E-state index contributed by atoms with van der Waals surface area (Å²) >= 11 is 0. The predicted molar refractivity (Wildman–Crippen MR) is 107 cm³/mol. The van der Waals surface area contributed by atoms with E-state index in [4.69, 9.17) is 30.0 Å². The average molecular weight is 496 g/mol. The zero-order valence-electron chi connectivity index (χ0n) is 16.4. The smallest absolute Gasteiger partial charge is 0.356 e. The topological polar surface area (TPSA) is 254 Å². The Balaban J connectivity index is 1.88. The first-order valence-corrected chi connectivity index (χ1v) is 12.6. The van der Waals surface area contributed by atoms with Crippen molar-refractivity contribution in [3.05, 3.63) is 16.7 Å². The van der Waals surface area contributed by atoms with Crippen molar-refractivity contribution >= 4 is 38.2 Å². The van der Waals surface area contributed by atoms with Crippen molar-refractivity contribution in [2.45, 2.75) is 24.4 Å². The second kappa shape index (κ2) is 9.00. The van der Waals surface area contributed by atoms with Gasteiger partial charge in [0.1, 0.15) is 0 Å². The molecule has 0 bridgehead atoms. The third-order valence-corrected chi connectivity index (χ3v) is 6.59. The number of rotatable bonds is 8. The number of anilines is 1. The number of nitrogens with one attached hydrogen (secondary N) is 1. The van der Waals surface area contributed by atoms with Crippen LogP contribution in [0.2, 0.25) is 0 Å². The lowest BCUT2D eigenvalue weighted by molar-refractivity contribution is -0.130. The van der Waals surface area contributed by atoms with E-state index in [1.807, 2.05) is 0 Å². The molecule has 1 aliphatic heterocycles. The van der Waals surface area contributed by atoms with Crippen molar-refractivity contribution in [2.24, 2.45) is 0 Å². The number of aliphatic hydroxyl groups excluding tert-OH is 1. The Hall–Kier alpha value is -2.16. The number of fused-ring (bicyclic) bond motifs is 1. The van der Waals surface area contributed by atoms with E-state index in [9.17, 15) is 23.8 Å². The van der Waals surface area contributed by atoms with E-state index in [1.54, 1.807) is 0 Å². The second-order valence-electron chi connectivity index (χ2n) is 7.22. The molecule has 1 fully saturated rings. The minimum atomic E-state index is -4.84. The molecule has 16 nitrogen and oxygen atoms in total. The van der Waals surface area contributed by atoms with E-state index in [2.05, 4.69) is 15.0 Å². The molecule has 0 saturated carbocycles. The highest BCUT2D eigenvalue weighted by Gasteiger charge is 2.40. The lowest BCUT2D eigenvalue weighted by Gasteiger charge is -2.22. The van der Waals surface area contributed by atoms with Gasteiger partial charge < -0.3 is 44.6 Å². The maximum atomic E-state index is 12.5. The maximum absolute atomic E-state index is 12.5. The van der Waals surface area contributed by atoms with Crippen molar-refractivity contribution in [3.63, 3.8) is 0 Å². The molecule has 3 heterocycles. The fourth-order valence-corrected chi connectivity index (χ4v) is 4.05. The average Bonchev–Trinajstić information content (AvgIpc) is 3.26. The largest absolute Gasteiger partial charge is 0.378 e. The molecular formula is C14H22N6O10P2. The van der Waals surface area contributed by atoms with Crippen LogP contribution in [0.25, 0.3) is 11.2 Å². The fraction of sp³-hybridized carbons (Fsp3) is 0.571. The van der Waals surface area contributed by atoms with Crippen LogP contribution in [0.5, 0.6) is 0 Å². The Morgan fingerprint density at radius 1 is 1.31 bits per heavy atom. The van der Waals surface area contributed by atoms with Crippen LogP contribution in [0.1, 0.15) is 12.5 Å². The molecule has 0 radical (unpaired) electrons. The number of carbonyl (C=O) groups excluding carboxylic acids is 1. The van der Waals surface area contributed by atoms with E-state index in [1.165, 1.54) is 15.8 Å². The van der Waals surface area contributed by atoms with E-state index in [0.29, 0.717) is 0 Å². The fourth-order valence-electron chi connectivity index (χ4n) is 3.28. The van der Waals surface area contributed by atoms with Crippen LogP contribution in [0.3, 0.4) is 0 Å². The summed E-state index contributed by atoms with van der Waals surface area (Å²) in [7, 11) is -9.24. The van der Waals surface area contributed by atoms with Gasteiger partial charge in [-0.2, -0.15) is 4.98 Å². The number of imidazole rings is 1. The summed E-state index contributed by atoms with van der Waals surface area (Å²) in [5, 5.41) is 9.61. The van der Waals surface area contributed by atoms with Crippen LogP contribution in [0.15, 0.2) is 11.1 Å². The number of likely N-dealkylation sites (tertiary alicyclic amines) is 1. The van der Waals surface area contributed by atoms with Gasteiger partial charge >= 0.3 is 15.2 Å². The Kier molecular flexibility index (Phi) is 6.88. The highest BCUT2D eigenvalue weighted by molar-refractivity contribution is 7.52. The predicted octanol–water partition coefficient (Wildman–Crippen LogP) is -2.47. The summed E-state index contributed by atoms with van der Waals surface area (Å²) in [5.74, 6) is -2.88. The Labute approximate surface area is 179 Å².